The fraction of sp³-hybridized carbons (Fsp3) is 1.00. The van der Waals surface area contributed by atoms with Crippen molar-refractivity contribution >= 4 is 0 Å². The SMILES string of the molecule is CCCCC(C)N1CCC(CO)C1. The molecule has 2 atom stereocenters. The van der Waals surface area contributed by atoms with Crippen LogP contribution in [0.5, 0.6) is 0 Å². The van der Waals surface area contributed by atoms with Gasteiger partial charge in [0.15, 0.2) is 0 Å². The van der Waals surface area contributed by atoms with Crippen molar-refractivity contribution in [1.82, 2.24) is 4.90 Å². The fourth-order valence-corrected chi connectivity index (χ4v) is 2.09. The topological polar surface area (TPSA) is 23.5 Å². The van der Waals surface area contributed by atoms with E-state index < -0.39 is 0 Å². The summed E-state index contributed by atoms with van der Waals surface area (Å²) in [6, 6.07) is 0.719. The molecule has 0 bridgehead atoms. The number of likely N-dealkylation sites (tertiary alicyclic amines) is 1. The second kappa shape index (κ2) is 5.61. The quantitative estimate of drug-likeness (QED) is 0.707. The molecule has 1 rings (SSSR count). The Morgan fingerprint density at radius 2 is 2.31 bits per heavy atom. The first kappa shape index (κ1) is 11.0. The lowest BCUT2D eigenvalue weighted by Crippen LogP contribution is -2.31. The zero-order valence-corrected chi connectivity index (χ0v) is 9.00. The number of aliphatic hydroxyl groups is 1. The summed E-state index contributed by atoms with van der Waals surface area (Å²) in [7, 11) is 0. The van der Waals surface area contributed by atoms with E-state index in [1.54, 1.807) is 0 Å². The summed E-state index contributed by atoms with van der Waals surface area (Å²) in [5.41, 5.74) is 0. The lowest BCUT2D eigenvalue weighted by molar-refractivity contribution is 0.198. The third-order valence-electron chi connectivity index (χ3n) is 3.17. The minimum atomic E-state index is 0.372. The summed E-state index contributed by atoms with van der Waals surface area (Å²) in [6.07, 6.45) is 5.13. The highest BCUT2D eigenvalue weighted by Gasteiger charge is 2.24. The molecule has 0 spiro atoms. The van der Waals surface area contributed by atoms with Crippen LogP contribution in [0.25, 0.3) is 0 Å². The second-order valence-corrected chi connectivity index (χ2v) is 4.32. The van der Waals surface area contributed by atoms with Gasteiger partial charge in [0.1, 0.15) is 0 Å². The van der Waals surface area contributed by atoms with Crippen molar-refractivity contribution in [3.8, 4) is 0 Å². The normalized spacial score (nSPS) is 26.5. The van der Waals surface area contributed by atoms with Crippen LogP contribution in [0.15, 0.2) is 0 Å². The maximum atomic E-state index is 9.01. The molecule has 0 aromatic rings. The molecule has 1 fully saturated rings. The number of rotatable bonds is 5. The number of unbranched alkanes of at least 4 members (excludes halogenated alkanes) is 1. The first-order chi connectivity index (χ1) is 6.27. The van der Waals surface area contributed by atoms with Crippen molar-refractivity contribution in [2.24, 2.45) is 5.92 Å². The van der Waals surface area contributed by atoms with Crippen LogP contribution < -0.4 is 0 Å². The molecule has 2 nitrogen and oxygen atoms in total. The third-order valence-corrected chi connectivity index (χ3v) is 3.17. The van der Waals surface area contributed by atoms with Crippen LogP contribution in [-0.2, 0) is 0 Å². The van der Waals surface area contributed by atoms with E-state index in [2.05, 4.69) is 18.7 Å². The van der Waals surface area contributed by atoms with Crippen molar-refractivity contribution in [3.05, 3.63) is 0 Å². The summed E-state index contributed by atoms with van der Waals surface area (Å²) in [5, 5.41) is 9.01. The van der Waals surface area contributed by atoms with Gasteiger partial charge in [-0.25, -0.2) is 0 Å². The van der Waals surface area contributed by atoms with Crippen molar-refractivity contribution in [2.45, 2.75) is 45.6 Å². The summed E-state index contributed by atoms with van der Waals surface area (Å²) < 4.78 is 0. The van der Waals surface area contributed by atoms with Crippen LogP contribution >= 0.6 is 0 Å². The zero-order chi connectivity index (χ0) is 9.68. The highest BCUT2D eigenvalue weighted by molar-refractivity contribution is 4.78. The standard InChI is InChI=1S/C11H23NO/c1-3-4-5-10(2)12-7-6-11(8-12)9-13/h10-11,13H,3-9H2,1-2H3. The Morgan fingerprint density at radius 3 is 2.85 bits per heavy atom. The average molecular weight is 185 g/mol. The van der Waals surface area contributed by atoms with Gasteiger partial charge in [-0.15, -0.1) is 0 Å². The molecule has 0 amide bonds. The van der Waals surface area contributed by atoms with Gasteiger partial charge in [-0.05, 0) is 32.2 Å². The molecule has 1 aliphatic heterocycles. The lowest BCUT2D eigenvalue weighted by Gasteiger charge is -2.23. The molecular weight excluding hydrogens is 162 g/mol. The minimum absolute atomic E-state index is 0.372. The van der Waals surface area contributed by atoms with Crippen molar-refractivity contribution < 1.29 is 5.11 Å². The highest BCUT2D eigenvalue weighted by Crippen LogP contribution is 2.20. The Balaban J connectivity index is 2.20. The summed E-state index contributed by atoms with van der Waals surface area (Å²) in [5.74, 6) is 0.545. The van der Waals surface area contributed by atoms with Gasteiger partial charge in [0.05, 0.1) is 0 Å². The van der Waals surface area contributed by atoms with Crippen LogP contribution in [0.1, 0.15) is 39.5 Å². The van der Waals surface area contributed by atoms with Gasteiger partial charge >= 0.3 is 0 Å². The van der Waals surface area contributed by atoms with E-state index in [9.17, 15) is 0 Å². The highest BCUT2D eigenvalue weighted by atomic mass is 16.3. The maximum Gasteiger partial charge on any atom is 0.0471 e. The predicted octanol–water partition coefficient (Wildman–Crippen LogP) is 1.88. The molecule has 2 heteroatoms. The van der Waals surface area contributed by atoms with E-state index in [0.29, 0.717) is 12.5 Å². The smallest absolute Gasteiger partial charge is 0.0471 e. The van der Waals surface area contributed by atoms with Gasteiger partial charge in [0, 0.05) is 19.2 Å². The molecular formula is C11H23NO. The average Bonchev–Trinajstić information content (AvgIpc) is 2.62. The molecule has 0 aromatic heterocycles. The Morgan fingerprint density at radius 1 is 1.54 bits per heavy atom. The van der Waals surface area contributed by atoms with Gasteiger partial charge < -0.3 is 10.0 Å². The largest absolute Gasteiger partial charge is 0.396 e. The first-order valence-corrected chi connectivity index (χ1v) is 5.62. The van der Waals surface area contributed by atoms with Gasteiger partial charge in [-0.3, -0.25) is 0 Å². The predicted molar refractivity (Wildman–Crippen MR) is 55.8 cm³/mol. The summed E-state index contributed by atoms with van der Waals surface area (Å²) in [4.78, 5) is 2.52. The van der Waals surface area contributed by atoms with Crippen LogP contribution in [0.2, 0.25) is 0 Å². The Bertz CT molecular complexity index is 138. The zero-order valence-electron chi connectivity index (χ0n) is 9.00. The minimum Gasteiger partial charge on any atom is -0.396 e. The van der Waals surface area contributed by atoms with Crippen molar-refractivity contribution in [1.29, 1.82) is 0 Å². The molecule has 2 unspecified atom stereocenters. The van der Waals surface area contributed by atoms with Crippen LogP contribution in [0, 0.1) is 5.92 Å². The van der Waals surface area contributed by atoms with E-state index in [4.69, 9.17) is 5.11 Å². The molecule has 0 radical (unpaired) electrons. The maximum absolute atomic E-state index is 9.01. The van der Waals surface area contributed by atoms with Crippen LogP contribution in [0.4, 0.5) is 0 Å². The van der Waals surface area contributed by atoms with Crippen molar-refractivity contribution in [2.75, 3.05) is 19.7 Å². The molecule has 1 N–H and O–H groups in total. The summed E-state index contributed by atoms with van der Waals surface area (Å²) >= 11 is 0. The molecule has 0 aliphatic carbocycles. The Kier molecular flexibility index (Phi) is 4.74. The Hall–Kier alpha value is -0.0800. The Labute approximate surface area is 81.9 Å². The summed E-state index contributed by atoms with van der Waals surface area (Å²) in [6.45, 7) is 7.23. The second-order valence-electron chi connectivity index (χ2n) is 4.32. The van der Waals surface area contributed by atoms with Crippen molar-refractivity contribution in [3.63, 3.8) is 0 Å². The molecule has 78 valence electrons. The van der Waals surface area contributed by atoms with E-state index in [1.165, 1.54) is 32.2 Å². The molecule has 1 aliphatic rings. The number of hydrogen-bond acceptors (Lipinski definition) is 2. The van der Waals surface area contributed by atoms with Crippen LogP contribution in [0.3, 0.4) is 0 Å². The molecule has 0 aromatic carbocycles. The van der Waals surface area contributed by atoms with E-state index in [-0.39, 0.29) is 0 Å². The fourth-order valence-electron chi connectivity index (χ4n) is 2.09. The van der Waals surface area contributed by atoms with E-state index in [0.717, 1.165) is 12.6 Å². The van der Waals surface area contributed by atoms with Gasteiger partial charge in [-0.1, -0.05) is 19.8 Å². The molecule has 0 saturated carbocycles. The third kappa shape index (κ3) is 3.28. The monoisotopic (exact) mass is 185 g/mol. The van der Waals surface area contributed by atoms with Gasteiger partial charge in [0.25, 0.3) is 0 Å². The number of aliphatic hydroxyl groups excluding tert-OH is 1. The van der Waals surface area contributed by atoms with Crippen LogP contribution in [-0.4, -0.2) is 35.7 Å². The van der Waals surface area contributed by atoms with E-state index >= 15 is 0 Å². The first-order valence-electron chi connectivity index (χ1n) is 5.62. The molecule has 13 heavy (non-hydrogen) atoms. The number of nitrogens with zero attached hydrogens (tertiary/aromatic N) is 1. The lowest BCUT2D eigenvalue weighted by atomic mass is 10.1. The van der Waals surface area contributed by atoms with Gasteiger partial charge in [-0.2, -0.15) is 0 Å². The molecule has 1 saturated heterocycles. The number of hydrogen-bond donors (Lipinski definition) is 1. The van der Waals surface area contributed by atoms with Gasteiger partial charge in [0.2, 0.25) is 0 Å². The molecule has 1 heterocycles. The van der Waals surface area contributed by atoms with E-state index in [1.807, 2.05) is 0 Å².